The Bertz CT molecular complexity index is 623. The number of rotatable bonds is 3. The second-order valence-corrected chi connectivity index (χ2v) is 4.93. The largest absolute Gasteiger partial charge is 0.368 e. The molecule has 3 rings (SSSR count). The summed E-state index contributed by atoms with van der Waals surface area (Å²) in [6.45, 7) is 3.54. The molecule has 0 unspecified atom stereocenters. The van der Waals surface area contributed by atoms with E-state index >= 15 is 0 Å². The normalized spacial score (nSPS) is 15.0. The quantitative estimate of drug-likeness (QED) is 0.906. The second-order valence-electron chi connectivity index (χ2n) is 4.93. The summed E-state index contributed by atoms with van der Waals surface area (Å²) in [6, 6.07) is 9.59. The number of nitrogens with two attached hydrogens (primary N) is 1. The molecule has 0 bridgehead atoms. The maximum atomic E-state index is 11.2. The number of hydrogen-bond donors (Lipinski definition) is 1. The van der Waals surface area contributed by atoms with Gasteiger partial charge in [0.25, 0.3) is 5.91 Å². The smallest absolute Gasteiger partial charge is 0.267 e. The number of piperazine rings is 1. The van der Waals surface area contributed by atoms with Crippen molar-refractivity contribution in [2.24, 2.45) is 5.73 Å². The second kappa shape index (κ2) is 5.78. The lowest BCUT2D eigenvalue weighted by atomic mass is 10.2. The monoisotopic (exact) mass is 283 g/mol. The van der Waals surface area contributed by atoms with Gasteiger partial charge < -0.3 is 15.5 Å². The lowest BCUT2D eigenvalue weighted by molar-refractivity contribution is 0.0995. The molecule has 3 heterocycles. The summed E-state index contributed by atoms with van der Waals surface area (Å²) in [5, 5.41) is 0. The number of anilines is 2. The van der Waals surface area contributed by atoms with Crippen LogP contribution in [-0.4, -0.2) is 42.1 Å². The van der Waals surface area contributed by atoms with Gasteiger partial charge in [-0.05, 0) is 24.3 Å². The van der Waals surface area contributed by atoms with Gasteiger partial charge in [-0.15, -0.1) is 0 Å². The van der Waals surface area contributed by atoms with Gasteiger partial charge in [0.2, 0.25) is 0 Å². The van der Waals surface area contributed by atoms with E-state index in [0.29, 0.717) is 5.69 Å². The average Bonchev–Trinajstić information content (AvgIpc) is 2.56. The van der Waals surface area contributed by atoms with Crippen LogP contribution in [0.5, 0.6) is 0 Å². The van der Waals surface area contributed by atoms with E-state index in [-0.39, 0.29) is 0 Å². The van der Waals surface area contributed by atoms with Crippen LogP contribution in [0.15, 0.2) is 42.7 Å². The molecule has 1 fully saturated rings. The van der Waals surface area contributed by atoms with Gasteiger partial charge in [0, 0.05) is 44.3 Å². The van der Waals surface area contributed by atoms with Crippen LogP contribution in [0, 0.1) is 0 Å². The van der Waals surface area contributed by atoms with Crippen molar-refractivity contribution < 1.29 is 4.79 Å². The van der Waals surface area contributed by atoms with E-state index < -0.39 is 5.91 Å². The predicted octanol–water partition coefficient (Wildman–Crippen LogP) is 0.902. The Morgan fingerprint density at radius 1 is 1.00 bits per heavy atom. The van der Waals surface area contributed by atoms with Crippen LogP contribution < -0.4 is 15.5 Å². The number of primary amides is 1. The zero-order valence-corrected chi connectivity index (χ0v) is 11.6. The van der Waals surface area contributed by atoms with Crippen molar-refractivity contribution >= 4 is 17.4 Å². The fraction of sp³-hybridized carbons (Fsp3) is 0.267. The fourth-order valence-electron chi connectivity index (χ4n) is 2.49. The van der Waals surface area contributed by atoms with Crippen LogP contribution in [0.25, 0.3) is 0 Å². The topological polar surface area (TPSA) is 75.4 Å². The van der Waals surface area contributed by atoms with Crippen LogP contribution in [0.4, 0.5) is 11.5 Å². The molecule has 1 aliphatic heterocycles. The van der Waals surface area contributed by atoms with E-state index in [0.717, 1.165) is 37.7 Å². The summed E-state index contributed by atoms with van der Waals surface area (Å²) in [4.78, 5) is 24.0. The summed E-state index contributed by atoms with van der Waals surface area (Å²) in [5.74, 6) is 0.508. The lowest BCUT2D eigenvalue weighted by Gasteiger charge is -2.36. The number of carbonyl (C=O) groups is 1. The number of amides is 1. The molecule has 0 atom stereocenters. The number of aromatic nitrogens is 2. The molecule has 0 aromatic carbocycles. The van der Waals surface area contributed by atoms with Gasteiger partial charge >= 0.3 is 0 Å². The first kappa shape index (κ1) is 13.4. The average molecular weight is 283 g/mol. The van der Waals surface area contributed by atoms with E-state index in [4.69, 9.17) is 5.73 Å². The molecule has 1 amide bonds. The van der Waals surface area contributed by atoms with E-state index in [1.807, 2.05) is 30.5 Å². The summed E-state index contributed by atoms with van der Waals surface area (Å²) in [5.41, 5.74) is 6.56. The minimum absolute atomic E-state index is 0.305. The molecular weight excluding hydrogens is 266 g/mol. The van der Waals surface area contributed by atoms with E-state index in [9.17, 15) is 4.79 Å². The Morgan fingerprint density at radius 2 is 1.76 bits per heavy atom. The molecule has 0 aliphatic carbocycles. The van der Waals surface area contributed by atoms with Gasteiger partial charge in [0.05, 0.1) is 0 Å². The van der Waals surface area contributed by atoms with Crippen LogP contribution >= 0.6 is 0 Å². The Kier molecular flexibility index (Phi) is 3.68. The van der Waals surface area contributed by atoms with Crippen molar-refractivity contribution in [3.05, 3.63) is 48.4 Å². The Labute approximate surface area is 123 Å². The molecule has 1 aliphatic rings. The van der Waals surface area contributed by atoms with Crippen LogP contribution in [0.1, 0.15) is 10.5 Å². The SMILES string of the molecule is NC(=O)c1cc(N2CCN(c3ccccn3)CC2)ccn1. The lowest BCUT2D eigenvalue weighted by Crippen LogP contribution is -2.46. The third-order valence-electron chi connectivity index (χ3n) is 3.61. The Hall–Kier alpha value is -2.63. The highest BCUT2D eigenvalue weighted by Crippen LogP contribution is 2.19. The van der Waals surface area contributed by atoms with Gasteiger partial charge in [0.1, 0.15) is 11.5 Å². The highest BCUT2D eigenvalue weighted by molar-refractivity contribution is 5.91. The van der Waals surface area contributed by atoms with Crippen LogP contribution in [0.3, 0.4) is 0 Å². The Morgan fingerprint density at radius 3 is 2.43 bits per heavy atom. The summed E-state index contributed by atoms with van der Waals surface area (Å²) >= 11 is 0. The first-order chi connectivity index (χ1) is 10.2. The number of carbonyl (C=O) groups excluding carboxylic acids is 1. The third-order valence-corrected chi connectivity index (χ3v) is 3.61. The molecule has 0 spiro atoms. The molecule has 108 valence electrons. The molecule has 0 radical (unpaired) electrons. The van der Waals surface area contributed by atoms with Crippen molar-refractivity contribution in [2.45, 2.75) is 0 Å². The maximum absolute atomic E-state index is 11.2. The van der Waals surface area contributed by atoms with Crippen molar-refractivity contribution in [2.75, 3.05) is 36.0 Å². The highest BCUT2D eigenvalue weighted by Gasteiger charge is 2.18. The van der Waals surface area contributed by atoms with E-state index in [1.54, 1.807) is 12.3 Å². The van der Waals surface area contributed by atoms with Crippen molar-refractivity contribution in [1.29, 1.82) is 0 Å². The van der Waals surface area contributed by atoms with Crippen molar-refractivity contribution in [3.63, 3.8) is 0 Å². The van der Waals surface area contributed by atoms with Gasteiger partial charge in [-0.25, -0.2) is 4.98 Å². The van der Waals surface area contributed by atoms with Gasteiger partial charge in [-0.1, -0.05) is 6.07 Å². The van der Waals surface area contributed by atoms with Gasteiger partial charge in [-0.3, -0.25) is 9.78 Å². The van der Waals surface area contributed by atoms with Crippen LogP contribution in [-0.2, 0) is 0 Å². The predicted molar refractivity (Wildman–Crippen MR) is 81.4 cm³/mol. The van der Waals surface area contributed by atoms with Crippen molar-refractivity contribution in [3.8, 4) is 0 Å². The molecule has 2 aromatic heterocycles. The van der Waals surface area contributed by atoms with E-state index in [2.05, 4.69) is 19.8 Å². The summed E-state index contributed by atoms with van der Waals surface area (Å²) in [6.07, 6.45) is 3.43. The zero-order valence-electron chi connectivity index (χ0n) is 11.6. The van der Waals surface area contributed by atoms with Crippen molar-refractivity contribution in [1.82, 2.24) is 9.97 Å². The Balaban J connectivity index is 1.68. The molecule has 6 nitrogen and oxygen atoms in total. The molecular formula is C15H17N5O. The minimum atomic E-state index is -0.496. The first-order valence-corrected chi connectivity index (χ1v) is 6.91. The third kappa shape index (κ3) is 2.94. The molecule has 21 heavy (non-hydrogen) atoms. The highest BCUT2D eigenvalue weighted by atomic mass is 16.1. The zero-order chi connectivity index (χ0) is 14.7. The first-order valence-electron chi connectivity index (χ1n) is 6.91. The van der Waals surface area contributed by atoms with E-state index in [1.165, 1.54) is 0 Å². The molecule has 6 heteroatoms. The number of nitrogens with zero attached hydrogens (tertiary/aromatic N) is 4. The maximum Gasteiger partial charge on any atom is 0.267 e. The standard InChI is InChI=1S/C15H17N5O/c16-15(21)13-11-12(4-6-17-13)19-7-9-20(10-8-19)14-3-1-2-5-18-14/h1-6,11H,7-10H2,(H2,16,21). The van der Waals surface area contributed by atoms with Gasteiger partial charge in [-0.2, -0.15) is 0 Å². The number of pyridine rings is 2. The summed E-state index contributed by atoms with van der Waals surface area (Å²) in [7, 11) is 0. The molecule has 0 saturated carbocycles. The minimum Gasteiger partial charge on any atom is -0.368 e. The number of hydrogen-bond acceptors (Lipinski definition) is 5. The van der Waals surface area contributed by atoms with Crippen LogP contribution in [0.2, 0.25) is 0 Å². The molecule has 2 aromatic rings. The van der Waals surface area contributed by atoms with Gasteiger partial charge in [0.15, 0.2) is 0 Å². The fourth-order valence-corrected chi connectivity index (χ4v) is 2.49. The molecule has 1 saturated heterocycles. The summed E-state index contributed by atoms with van der Waals surface area (Å²) < 4.78 is 0. The molecule has 2 N–H and O–H groups in total.